The van der Waals surface area contributed by atoms with Crippen molar-refractivity contribution in [1.29, 1.82) is 0 Å². The Morgan fingerprint density at radius 3 is 1.50 bits per heavy atom. The summed E-state index contributed by atoms with van der Waals surface area (Å²) >= 11 is 0. The van der Waals surface area contributed by atoms with Gasteiger partial charge in [0.1, 0.15) is 5.75 Å². The first-order valence-electron chi connectivity index (χ1n) is 8.28. The molecule has 0 N–H and O–H groups in total. The largest absolute Gasteiger partial charge is 0.463 e. The highest BCUT2D eigenvalue weighted by Crippen LogP contribution is 2.26. The molecule has 0 bridgehead atoms. The SMILES string of the molecule is CCCc1ccc(-c2ccc(-c3ccc(OCF)cc3)cc2)cc1. The van der Waals surface area contributed by atoms with E-state index >= 15 is 0 Å². The van der Waals surface area contributed by atoms with Crippen LogP contribution in [0.2, 0.25) is 0 Å². The van der Waals surface area contributed by atoms with Crippen molar-refractivity contribution < 1.29 is 9.13 Å². The zero-order valence-electron chi connectivity index (χ0n) is 13.8. The smallest absolute Gasteiger partial charge is 0.228 e. The van der Waals surface area contributed by atoms with Gasteiger partial charge in [0.2, 0.25) is 6.86 Å². The van der Waals surface area contributed by atoms with E-state index in [1.54, 1.807) is 12.1 Å². The molecule has 3 rings (SSSR count). The van der Waals surface area contributed by atoms with Crippen molar-refractivity contribution in [2.45, 2.75) is 19.8 Å². The number of aryl methyl sites for hydroxylation is 1. The van der Waals surface area contributed by atoms with Gasteiger partial charge in [-0.25, -0.2) is 4.39 Å². The van der Waals surface area contributed by atoms with Crippen LogP contribution in [0.1, 0.15) is 18.9 Å². The fraction of sp³-hybridized carbons (Fsp3) is 0.182. The van der Waals surface area contributed by atoms with Crippen LogP contribution >= 0.6 is 0 Å². The molecule has 24 heavy (non-hydrogen) atoms. The van der Waals surface area contributed by atoms with E-state index in [1.165, 1.54) is 23.1 Å². The lowest BCUT2D eigenvalue weighted by molar-refractivity contribution is 0.192. The van der Waals surface area contributed by atoms with Crippen LogP contribution in [0.4, 0.5) is 4.39 Å². The lowest BCUT2D eigenvalue weighted by Crippen LogP contribution is -1.89. The lowest BCUT2D eigenvalue weighted by Gasteiger charge is -2.07. The van der Waals surface area contributed by atoms with Crippen LogP contribution in [0.15, 0.2) is 72.8 Å². The Bertz CT molecular complexity index is 690. The van der Waals surface area contributed by atoms with E-state index in [1.807, 2.05) is 12.1 Å². The first kappa shape index (κ1) is 16.3. The molecular weight excluding hydrogens is 299 g/mol. The Morgan fingerprint density at radius 2 is 1.08 bits per heavy atom. The molecule has 2 heteroatoms. The van der Waals surface area contributed by atoms with Crippen molar-refractivity contribution >= 4 is 0 Å². The number of halogens is 1. The van der Waals surface area contributed by atoms with E-state index in [4.69, 9.17) is 4.74 Å². The standard InChI is InChI=1S/C22H21FO/c1-2-3-17-4-6-18(7-5-17)19-8-10-20(11-9-19)21-12-14-22(15-13-21)24-16-23/h4-15H,2-3,16H2,1H3. The third-order valence-corrected chi connectivity index (χ3v) is 4.12. The maximum atomic E-state index is 12.2. The molecule has 0 aliphatic heterocycles. The monoisotopic (exact) mass is 320 g/mol. The number of ether oxygens (including phenoxy) is 1. The van der Waals surface area contributed by atoms with Crippen LogP contribution in [-0.2, 0) is 6.42 Å². The number of hydrogen-bond acceptors (Lipinski definition) is 1. The topological polar surface area (TPSA) is 9.23 Å². The van der Waals surface area contributed by atoms with Gasteiger partial charge < -0.3 is 4.74 Å². The predicted octanol–water partition coefficient (Wildman–Crippen LogP) is 6.28. The van der Waals surface area contributed by atoms with Crippen LogP contribution in [0.25, 0.3) is 22.3 Å². The number of alkyl halides is 1. The highest BCUT2D eigenvalue weighted by molar-refractivity contribution is 5.70. The minimum absolute atomic E-state index is 0.546. The van der Waals surface area contributed by atoms with Crippen LogP contribution in [0.5, 0.6) is 5.75 Å². The molecule has 1 nitrogen and oxygen atoms in total. The molecule has 0 unspecified atom stereocenters. The van der Waals surface area contributed by atoms with Gasteiger partial charge in [-0.1, -0.05) is 74.0 Å². The van der Waals surface area contributed by atoms with E-state index in [2.05, 4.69) is 55.5 Å². The third-order valence-electron chi connectivity index (χ3n) is 4.12. The molecule has 3 aromatic rings. The summed E-state index contributed by atoms with van der Waals surface area (Å²) in [6.07, 6.45) is 2.30. The lowest BCUT2D eigenvalue weighted by atomic mass is 9.99. The fourth-order valence-corrected chi connectivity index (χ4v) is 2.81. The quantitative estimate of drug-likeness (QED) is 0.519. The normalized spacial score (nSPS) is 10.6. The zero-order valence-corrected chi connectivity index (χ0v) is 13.8. The molecule has 0 spiro atoms. The molecule has 122 valence electrons. The van der Waals surface area contributed by atoms with Crippen molar-refractivity contribution in [3.63, 3.8) is 0 Å². The van der Waals surface area contributed by atoms with Crippen molar-refractivity contribution in [2.75, 3.05) is 6.86 Å². The summed E-state index contributed by atoms with van der Waals surface area (Å²) in [7, 11) is 0. The van der Waals surface area contributed by atoms with E-state index in [0.717, 1.165) is 17.5 Å². The van der Waals surface area contributed by atoms with Crippen LogP contribution in [-0.4, -0.2) is 6.86 Å². The molecule has 0 atom stereocenters. The van der Waals surface area contributed by atoms with Gasteiger partial charge >= 0.3 is 0 Å². The predicted molar refractivity (Wildman–Crippen MR) is 97.9 cm³/mol. The Kier molecular flexibility index (Phi) is 5.27. The van der Waals surface area contributed by atoms with E-state index < -0.39 is 6.86 Å². The first-order chi connectivity index (χ1) is 11.8. The molecular formula is C22H21FO. The van der Waals surface area contributed by atoms with E-state index in [9.17, 15) is 4.39 Å². The molecule has 0 radical (unpaired) electrons. The molecule has 0 aliphatic rings. The summed E-state index contributed by atoms with van der Waals surface area (Å²) in [5.41, 5.74) is 6.04. The van der Waals surface area contributed by atoms with Crippen LogP contribution < -0.4 is 4.74 Å². The van der Waals surface area contributed by atoms with Gasteiger partial charge in [-0.2, -0.15) is 0 Å². The Labute approximate surface area is 142 Å². The highest BCUT2D eigenvalue weighted by atomic mass is 19.1. The van der Waals surface area contributed by atoms with Gasteiger partial charge in [-0.05, 0) is 46.4 Å². The van der Waals surface area contributed by atoms with Crippen molar-refractivity contribution in [3.05, 3.63) is 78.4 Å². The fourth-order valence-electron chi connectivity index (χ4n) is 2.81. The average Bonchev–Trinajstić information content (AvgIpc) is 2.64. The van der Waals surface area contributed by atoms with Gasteiger partial charge in [-0.3, -0.25) is 0 Å². The average molecular weight is 320 g/mol. The maximum absolute atomic E-state index is 12.2. The summed E-state index contributed by atoms with van der Waals surface area (Å²) in [5, 5.41) is 0. The maximum Gasteiger partial charge on any atom is 0.228 e. The first-order valence-corrected chi connectivity index (χ1v) is 8.28. The summed E-state index contributed by atoms with van der Waals surface area (Å²) in [5.74, 6) is 0.546. The molecule has 0 aliphatic carbocycles. The third kappa shape index (κ3) is 3.83. The van der Waals surface area contributed by atoms with Crippen molar-refractivity contribution in [2.24, 2.45) is 0 Å². The van der Waals surface area contributed by atoms with Gasteiger partial charge in [0.15, 0.2) is 0 Å². The minimum atomic E-state index is -0.801. The Morgan fingerprint density at radius 1 is 0.667 bits per heavy atom. The second-order valence-electron chi connectivity index (χ2n) is 5.80. The molecule has 0 aromatic heterocycles. The molecule has 0 saturated carbocycles. The van der Waals surface area contributed by atoms with Crippen LogP contribution in [0.3, 0.4) is 0 Å². The molecule has 3 aromatic carbocycles. The number of benzene rings is 3. The summed E-state index contributed by atoms with van der Waals surface area (Å²) in [6.45, 7) is 1.40. The van der Waals surface area contributed by atoms with Crippen molar-refractivity contribution in [3.8, 4) is 28.0 Å². The number of rotatable bonds is 6. The Balaban J connectivity index is 1.77. The van der Waals surface area contributed by atoms with Crippen LogP contribution in [0, 0.1) is 0 Å². The summed E-state index contributed by atoms with van der Waals surface area (Å²) < 4.78 is 17.0. The second kappa shape index (κ2) is 7.78. The highest BCUT2D eigenvalue weighted by Gasteiger charge is 2.02. The molecule has 0 saturated heterocycles. The second-order valence-corrected chi connectivity index (χ2v) is 5.80. The number of hydrogen-bond donors (Lipinski definition) is 0. The molecule has 0 amide bonds. The van der Waals surface area contributed by atoms with Crippen molar-refractivity contribution in [1.82, 2.24) is 0 Å². The molecule has 0 fully saturated rings. The van der Waals surface area contributed by atoms with Gasteiger partial charge in [0.25, 0.3) is 0 Å². The van der Waals surface area contributed by atoms with Gasteiger partial charge in [-0.15, -0.1) is 0 Å². The summed E-state index contributed by atoms with van der Waals surface area (Å²) in [6, 6.07) is 24.7. The van der Waals surface area contributed by atoms with E-state index in [0.29, 0.717) is 5.75 Å². The summed E-state index contributed by atoms with van der Waals surface area (Å²) in [4.78, 5) is 0. The van der Waals surface area contributed by atoms with Gasteiger partial charge in [0, 0.05) is 0 Å². The minimum Gasteiger partial charge on any atom is -0.463 e. The Hall–Kier alpha value is -2.61. The zero-order chi connectivity index (χ0) is 16.8. The van der Waals surface area contributed by atoms with E-state index in [-0.39, 0.29) is 0 Å². The molecule has 0 heterocycles. The van der Waals surface area contributed by atoms with Gasteiger partial charge in [0.05, 0.1) is 0 Å².